The summed E-state index contributed by atoms with van der Waals surface area (Å²) in [6.07, 6.45) is 6.09. The third kappa shape index (κ3) is 4.24. The van der Waals surface area contributed by atoms with Gasteiger partial charge in [-0.05, 0) is 19.3 Å². The van der Waals surface area contributed by atoms with Gasteiger partial charge in [-0.25, -0.2) is 0 Å². The van der Waals surface area contributed by atoms with E-state index >= 15 is 0 Å². The van der Waals surface area contributed by atoms with Crippen molar-refractivity contribution in [2.75, 3.05) is 13.1 Å². The maximum absolute atomic E-state index is 12.6. The molecule has 7 heteroatoms. The number of nitrogens with one attached hydrogen (secondary N) is 1. The molecule has 1 unspecified atom stereocenters. The number of nitrogens with zero attached hydrogens (tertiary/aromatic N) is 3. The molecule has 1 saturated heterocycles. The lowest BCUT2D eigenvalue weighted by Crippen LogP contribution is -2.49. The van der Waals surface area contributed by atoms with Crippen molar-refractivity contribution in [3.8, 4) is 11.4 Å². The number of likely N-dealkylation sites (tertiary alicyclic amines) is 1. The molecule has 4 rings (SSSR count). The number of carbonyl (C=O) groups is 2. The van der Waals surface area contributed by atoms with Gasteiger partial charge in [0.1, 0.15) is 0 Å². The summed E-state index contributed by atoms with van der Waals surface area (Å²) in [5.41, 5.74) is 0.903. The average Bonchev–Trinajstić information content (AvgIpc) is 3.41. The summed E-state index contributed by atoms with van der Waals surface area (Å²) in [5.74, 6) is 1.15. The van der Waals surface area contributed by atoms with Crippen LogP contribution in [0.2, 0.25) is 0 Å². The van der Waals surface area contributed by atoms with Gasteiger partial charge in [-0.1, -0.05) is 48.3 Å². The number of carbonyl (C=O) groups excluding carboxylic acids is 2. The minimum atomic E-state index is -0.124. The fourth-order valence-electron chi connectivity index (χ4n) is 4.15. The van der Waals surface area contributed by atoms with Crippen LogP contribution in [0.25, 0.3) is 11.4 Å². The van der Waals surface area contributed by atoms with E-state index in [1.54, 1.807) is 0 Å². The summed E-state index contributed by atoms with van der Waals surface area (Å²) in [4.78, 5) is 31.1. The predicted molar refractivity (Wildman–Crippen MR) is 103 cm³/mol. The van der Waals surface area contributed by atoms with Crippen LogP contribution >= 0.6 is 0 Å². The number of piperidine rings is 1. The van der Waals surface area contributed by atoms with Crippen LogP contribution in [0.3, 0.4) is 0 Å². The first-order chi connectivity index (χ1) is 13.7. The van der Waals surface area contributed by atoms with Crippen LogP contribution in [0, 0.1) is 5.92 Å². The van der Waals surface area contributed by atoms with E-state index in [2.05, 4.69) is 15.5 Å². The van der Waals surface area contributed by atoms with Crippen molar-refractivity contribution in [3.63, 3.8) is 0 Å². The molecule has 2 heterocycles. The number of benzene rings is 1. The van der Waals surface area contributed by atoms with E-state index in [0.717, 1.165) is 18.4 Å². The minimum Gasteiger partial charge on any atom is -0.355 e. The van der Waals surface area contributed by atoms with Crippen LogP contribution in [-0.2, 0) is 16.0 Å². The Hall–Kier alpha value is -2.70. The third-order valence-electron chi connectivity index (χ3n) is 5.72. The van der Waals surface area contributed by atoms with Gasteiger partial charge < -0.3 is 14.7 Å². The Balaban J connectivity index is 1.26. The Kier molecular flexibility index (Phi) is 5.69. The molecule has 148 valence electrons. The van der Waals surface area contributed by atoms with E-state index in [9.17, 15) is 9.59 Å². The summed E-state index contributed by atoms with van der Waals surface area (Å²) in [6, 6.07) is 9.98. The number of amides is 2. The van der Waals surface area contributed by atoms with Crippen molar-refractivity contribution < 1.29 is 14.1 Å². The summed E-state index contributed by atoms with van der Waals surface area (Å²) in [7, 11) is 0. The van der Waals surface area contributed by atoms with Gasteiger partial charge in [-0.2, -0.15) is 4.98 Å². The number of rotatable bonds is 6. The van der Waals surface area contributed by atoms with Crippen molar-refractivity contribution in [1.82, 2.24) is 20.4 Å². The predicted octanol–water partition coefficient (Wildman–Crippen LogP) is 2.58. The zero-order chi connectivity index (χ0) is 19.3. The van der Waals surface area contributed by atoms with E-state index in [1.807, 2.05) is 35.2 Å². The lowest BCUT2D eigenvalue weighted by atomic mass is 9.95. The maximum Gasteiger partial charge on any atom is 0.228 e. The van der Waals surface area contributed by atoms with Gasteiger partial charge in [0.15, 0.2) is 0 Å². The molecule has 2 fully saturated rings. The molecule has 1 atom stereocenters. The standard InChI is InChI=1S/C21H26N4O3/c26-19-11-10-16(14-25(19)17-8-4-5-9-17)21(27)22-13-12-18-23-20(24-28-18)15-6-2-1-3-7-15/h1-3,6-7,16-17H,4-5,8-14H2,(H,22,27). The third-order valence-corrected chi connectivity index (χ3v) is 5.72. The van der Waals surface area contributed by atoms with Gasteiger partial charge >= 0.3 is 0 Å². The first-order valence-electron chi connectivity index (χ1n) is 10.2. The van der Waals surface area contributed by atoms with Crippen molar-refractivity contribution in [3.05, 3.63) is 36.2 Å². The van der Waals surface area contributed by atoms with Crippen molar-refractivity contribution >= 4 is 11.8 Å². The topological polar surface area (TPSA) is 88.3 Å². The largest absolute Gasteiger partial charge is 0.355 e. The number of hydrogen-bond acceptors (Lipinski definition) is 5. The zero-order valence-corrected chi connectivity index (χ0v) is 16.0. The Morgan fingerprint density at radius 1 is 1.18 bits per heavy atom. The Morgan fingerprint density at radius 3 is 2.75 bits per heavy atom. The normalized spacial score (nSPS) is 20.5. The molecular formula is C21H26N4O3. The van der Waals surface area contributed by atoms with Gasteiger partial charge in [0.2, 0.25) is 23.5 Å². The van der Waals surface area contributed by atoms with Gasteiger partial charge in [0.25, 0.3) is 0 Å². The molecule has 1 saturated carbocycles. The van der Waals surface area contributed by atoms with Crippen LogP contribution in [0.15, 0.2) is 34.9 Å². The second kappa shape index (κ2) is 8.54. The van der Waals surface area contributed by atoms with Gasteiger partial charge in [-0.15, -0.1) is 0 Å². The van der Waals surface area contributed by atoms with E-state index in [-0.39, 0.29) is 17.7 Å². The van der Waals surface area contributed by atoms with Crippen molar-refractivity contribution in [2.45, 2.75) is 51.0 Å². The van der Waals surface area contributed by atoms with Crippen LogP contribution in [0.4, 0.5) is 0 Å². The highest BCUT2D eigenvalue weighted by atomic mass is 16.5. The SMILES string of the molecule is O=C(NCCc1nc(-c2ccccc2)no1)C1CCC(=O)N(C2CCCC2)C1. The summed E-state index contributed by atoms with van der Waals surface area (Å²) >= 11 is 0. The molecule has 1 aromatic heterocycles. The lowest BCUT2D eigenvalue weighted by Gasteiger charge is -2.36. The summed E-state index contributed by atoms with van der Waals surface area (Å²) < 4.78 is 5.28. The molecule has 1 aliphatic carbocycles. The van der Waals surface area contributed by atoms with E-state index in [4.69, 9.17) is 4.52 Å². The van der Waals surface area contributed by atoms with Crippen LogP contribution < -0.4 is 5.32 Å². The van der Waals surface area contributed by atoms with Crippen LogP contribution in [0.5, 0.6) is 0 Å². The fourth-order valence-corrected chi connectivity index (χ4v) is 4.15. The highest BCUT2D eigenvalue weighted by Crippen LogP contribution is 2.28. The molecular weight excluding hydrogens is 356 g/mol. The highest BCUT2D eigenvalue weighted by Gasteiger charge is 2.35. The minimum absolute atomic E-state index is 0.0123. The smallest absolute Gasteiger partial charge is 0.228 e. The second-order valence-electron chi connectivity index (χ2n) is 7.64. The molecule has 1 aliphatic heterocycles. The van der Waals surface area contributed by atoms with Crippen LogP contribution in [0.1, 0.15) is 44.4 Å². The fraction of sp³-hybridized carbons (Fsp3) is 0.524. The molecule has 2 aromatic rings. The van der Waals surface area contributed by atoms with E-state index < -0.39 is 0 Å². The molecule has 28 heavy (non-hydrogen) atoms. The monoisotopic (exact) mass is 382 g/mol. The lowest BCUT2D eigenvalue weighted by molar-refractivity contribution is -0.140. The molecule has 1 aromatic carbocycles. The molecule has 7 nitrogen and oxygen atoms in total. The van der Waals surface area contributed by atoms with E-state index in [0.29, 0.717) is 50.1 Å². The zero-order valence-electron chi connectivity index (χ0n) is 16.0. The number of hydrogen-bond donors (Lipinski definition) is 1. The summed E-state index contributed by atoms with van der Waals surface area (Å²) in [6.45, 7) is 0.997. The number of aromatic nitrogens is 2. The van der Waals surface area contributed by atoms with Gasteiger partial charge in [0, 0.05) is 37.5 Å². The molecule has 0 radical (unpaired) electrons. The molecule has 0 spiro atoms. The molecule has 2 amide bonds. The van der Waals surface area contributed by atoms with Crippen molar-refractivity contribution in [2.24, 2.45) is 5.92 Å². The Bertz CT molecular complexity index is 814. The van der Waals surface area contributed by atoms with Crippen LogP contribution in [-0.4, -0.2) is 46.0 Å². The quantitative estimate of drug-likeness (QED) is 0.830. The second-order valence-corrected chi connectivity index (χ2v) is 7.64. The summed E-state index contributed by atoms with van der Waals surface area (Å²) in [5, 5.41) is 6.96. The molecule has 0 bridgehead atoms. The first kappa shape index (κ1) is 18.7. The Labute approximate surface area is 164 Å². The van der Waals surface area contributed by atoms with Crippen molar-refractivity contribution in [1.29, 1.82) is 0 Å². The maximum atomic E-state index is 12.6. The first-order valence-corrected chi connectivity index (χ1v) is 10.2. The Morgan fingerprint density at radius 2 is 1.96 bits per heavy atom. The molecule has 1 N–H and O–H groups in total. The highest BCUT2D eigenvalue weighted by molar-refractivity contribution is 5.84. The van der Waals surface area contributed by atoms with Gasteiger partial charge in [0.05, 0.1) is 5.92 Å². The van der Waals surface area contributed by atoms with Gasteiger partial charge in [-0.3, -0.25) is 9.59 Å². The average molecular weight is 382 g/mol. The molecule has 2 aliphatic rings. The van der Waals surface area contributed by atoms with E-state index in [1.165, 1.54) is 12.8 Å².